The van der Waals surface area contributed by atoms with Crippen LogP contribution in [0, 0.1) is 0 Å². The van der Waals surface area contributed by atoms with Crippen LogP contribution in [0.2, 0.25) is 0 Å². The molecule has 8 nitrogen and oxygen atoms in total. The Morgan fingerprint density at radius 2 is 2.04 bits per heavy atom. The molecule has 8 heteroatoms. The van der Waals surface area contributed by atoms with E-state index in [0.717, 1.165) is 5.69 Å². The number of carbonyl (C=O) groups is 3. The molecule has 0 saturated carbocycles. The maximum atomic E-state index is 12.4. The summed E-state index contributed by atoms with van der Waals surface area (Å²) in [6, 6.07) is 6.24. The van der Waals surface area contributed by atoms with Crippen molar-refractivity contribution in [1.29, 1.82) is 0 Å². The van der Waals surface area contributed by atoms with Gasteiger partial charge in [0.2, 0.25) is 11.8 Å². The highest BCUT2D eigenvalue weighted by molar-refractivity contribution is 6.00. The highest BCUT2D eigenvalue weighted by atomic mass is 16.2. The second-order valence-electron chi connectivity index (χ2n) is 6.02. The van der Waals surface area contributed by atoms with Crippen molar-refractivity contribution in [2.45, 2.75) is 12.5 Å². The topological polar surface area (TPSA) is 96.3 Å². The number of hydrogen-bond donors (Lipinski definition) is 2. The van der Waals surface area contributed by atoms with Crippen LogP contribution in [0.4, 0.5) is 11.4 Å². The highest BCUT2D eigenvalue weighted by Gasteiger charge is 2.32. The zero-order valence-corrected chi connectivity index (χ0v) is 14.3. The number of benzene rings is 1. The van der Waals surface area contributed by atoms with Gasteiger partial charge in [0.1, 0.15) is 0 Å². The molecule has 26 heavy (non-hydrogen) atoms. The van der Waals surface area contributed by atoms with E-state index in [-0.39, 0.29) is 30.2 Å². The van der Waals surface area contributed by atoms with Crippen molar-refractivity contribution in [3.05, 3.63) is 54.9 Å². The molecule has 1 aromatic carbocycles. The Labute approximate surface area is 150 Å². The van der Waals surface area contributed by atoms with Gasteiger partial charge in [-0.2, -0.15) is 5.10 Å². The maximum Gasteiger partial charge on any atom is 0.251 e. The van der Waals surface area contributed by atoms with Gasteiger partial charge in [-0.3, -0.25) is 19.1 Å². The molecule has 1 aliphatic rings. The average Bonchev–Trinajstić information content (AvgIpc) is 3.20. The summed E-state index contributed by atoms with van der Waals surface area (Å²) in [5.74, 6) is -0.634. The monoisotopic (exact) mass is 353 g/mol. The minimum absolute atomic E-state index is 0.0502. The lowest BCUT2D eigenvalue weighted by molar-refractivity contribution is -0.117. The molecule has 2 aromatic rings. The number of nitrogens with zero attached hydrogens (tertiary/aromatic N) is 3. The first-order chi connectivity index (χ1) is 12.5. The van der Waals surface area contributed by atoms with Crippen molar-refractivity contribution in [3.8, 4) is 0 Å². The molecule has 134 valence electrons. The van der Waals surface area contributed by atoms with Gasteiger partial charge in [0.15, 0.2) is 0 Å². The maximum absolute atomic E-state index is 12.4. The number of anilines is 2. The summed E-state index contributed by atoms with van der Waals surface area (Å²) in [7, 11) is 1.78. The van der Waals surface area contributed by atoms with Crippen LogP contribution in [0.3, 0.4) is 0 Å². The quantitative estimate of drug-likeness (QED) is 0.786. The minimum Gasteiger partial charge on any atom is -0.347 e. The third-order valence-corrected chi connectivity index (χ3v) is 4.06. The van der Waals surface area contributed by atoms with E-state index in [1.54, 1.807) is 53.3 Å². The third-order valence-electron chi connectivity index (χ3n) is 4.06. The van der Waals surface area contributed by atoms with Gasteiger partial charge in [0, 0.05) is 37.5 Å². The van der Waals surface area contributed by atoms with Crippen LogP contribution >= 0.6 is 0 Å². The summed E-state index contributed by atoms with van der Waals surface area (Å²) in [6.45, 7) is 3.79. The zero-order chi connectivity index (χ0) is 18.7. The van der Waals surface area contributed by atoms with Crippen molar-refractivity contribution in [2.24, 2.45) is 7.05 Å². The molecule has 2 heterocycles. The smallest absolute Gasteiger partial charge is 0.251 e. The van der Waals surface area contributed by atoms with E-state index in [2.05, 4.69) is 22.3 Å². The lowest BCUT2D eigenvalue weighted by Gasteiger charge is -2.15. The molecule has 1 aliphatic heterocycles. The van der Waals surface area contributed by atoms with E-state index >= 15 is 0 Å². The van der Waals surface area contributed by atoms with Crippen molar-refractivity contribution in [2.75, 3.05) is 16.8 Å². The number of amides is 3. The molecule has 3 amide bonds. The van der Waals surface area contributed by atoms with Crippen molar-refractivity contribution >= 4 is 29.1 Å². The van der Waals surface area contributed by atoms with Crippen LogP contribution in [0.1, 0.15) is 16.8 Å². The SMILES string of the molecule is C=CC(=O)Nc1ccc(C(=O)NC2CC(=O)N(c3cnn(C)c3)C2)cc1. The third kappa shape index (κ3) is 3.80. The molecule has 0 bridgehead atoms. The van der Waals surface area contributed by atoms with E-state index in [1.807, 2.05) is 0 Å². The molecule has 1 aromatic heterocycles. The second-order valence-corrected chi connectivity index (χ2v) is 6.02. The van der Waals surface area contributed by atoms with Crippen LogP contribution in [-0.4, -0.2) is 40.1 Å². The van der Waals surface area contributed by atoms with Gasteiger partial charge in [-0.25, -0.2) is 0 Å². The number of hydrogen-bond acceptors (Lipinski definition) is 4. The van der Waals surface area contributed by atoms with E-state index in [0.29, 0.717) is 17.8 Å². The molecule has 3 rings (SSSR count). The van der Waals surface area contributed by atoms with Crippen molar-refractivity contribution < 1.29 is 14.4 Å². The predicted octanol–water partition coefficient (Wildman–Crippen LogP) is 1.08. The fraction of sp³-hybridized carbons (Fsp3) is 0.222. The molecule has 2 N–H and O–H groups in total. The van der Waals surface area contributed by atoms with Gasteiger partial charge in [0.05, 0.1) is 17.9 Å². The van der Waals surface area contributed by atoms with Crippen LogP contribution in [0.25, 0.3) is 0 Å². The minimum atomic E-state index is -0.317. The van der Waals surface area contributed by atoms with Gasteiger partial charge >= 0.3 is 0 Å². The molecule has 0 spiro atoms. The number of aromatic nitrogens is 2. The molecule has 0 aliphatic carbocycles. The molecule has 0 radical (unpaired) electrons. The molecule has 1 fully saturated rings. The largest absolute Gasteiger partial charge is 0.347 e. The number of rotatable bonds is 5. The van der Waals surface area contributed by atoms with Gasteiger partial charge < -0.3 is 15.5 Å². The Balaban J connectivity index is 1.60. The van der Waals surface area contributed by atoms with Crippen LogP contribution in [0.15, 0.2) is 49.3 Å². The van der Waals surface area contributed by atoms with E-state index in [4.69, 9.17) is 0 Å². The van der Waals surface area contributed by atoms with Gasteiger partial charge in [-0.1, -0.05) is 6.58 Å². The Hall–Kier alpha value is -3.42. The van der Waals surface area contributed by atoms with Crippen molar-refractivity contribution in [1.82, 2.24) is 15.1 Å². The van der Waals surface area contributed by atoms with Crippen molar-refractivity contribution in [3.63, 3.8) is 0 Å². The summed E-state index contributed by atoms with van der Waals surface area (Å²) in [6.07, 6.45) is 4.80. The lowest BCUT2D eigenvalue weighted by Crippen LogP contribution is -2.37. The van der Waals surface area contributed by atoms with E-state index in [1.165, 1.54) is 6.08 Å². The Morgan fingerprint density at radius 1 is 1.31 bits per heavy atom. The fourth-order valence-electron chi connectivity index (χ4n) is 2.77. The average molecular weight is 353 g/mol. The highest BCUT2D eigenvalue weighted by Crippen LogP contribution is 2.21. The molecule has 1 unspecified atom stereocenters. The fourth-order valence-corrected chi connectivity index (χ4v) is 2.77. The lowest BCUT2D eigenvalue weighted by atomic mass is 10.1. The normalized spacial score (nSPS) is 16.4. The Bertz CT molecular complexity index is 856. The number of aryl methyl sites for hydroxylation is 1. The molecular weight excluding hydrogens is 334 g/mol. The van der Waals surface area contributed by atoms with Gasteiger partial charge in [-0.05, 0) is 30.3 Å². The molecule has 1 saturated heterocycles. The predicted molar refractivity (Wildman–Crippen MR) is 96.7 cm³/mol. The summed E-state index contributed by atoms with van der Waals surface area (Å²) >= 11 is 0. The first-order valence-electron chi connectivity index (χ1n) is 8.09. The van der Waals surface area contributed by atoms with E-state index < -0.39 is 0 Å². The standard InChI is InChI=1S/C18H19N5O3/c1-3-16(24)20-13-6-4-12(5-7-13)18(26)21-14-8-17(25)23(10-14)15-9-19-22(2)11-15/h3-7,9,11,14H,1,8,10H2,2H3,(H,20,24)(H,21,26). The van der Waals surface area contributed by atoms with Crippen LogP contribution in [0.5, 0.6) is 0 Å². The second kappa shape index (κ2) is 7.22. The number of carbonyl (C=O) groups excluding carboxylic acids is 3. The summed E-state index contributed by atoms with van der Waals surface area (Å²) < 4.78 is 1.63. The van der Waals surface area contributed by atoms with Gasteiger partial charge in [-0.15, -0.1) is 0 Å². The summed E-state index contributed by atoms with van der Waals surface area (Å²) in [5.41, 5.74) is 1.75. The summed E-state index contributed by atoms with van der Waals surface area (Å²) in [5, 5.41) is 9.55. The van der Waals surface area contributed by atoms with Gasteiger partial charge in [0.25, 0.3) is 5.91 Å². The van der Waals surface area contributed by atoms with Crippen LogP contribution < -0.4 is 15.5 Å². The van der Waals surface area contributed by atoms with Crippen LogP contribution in [-0.2, 0) is 16.6 Å². The zero-order valence-electron chi connectivity index (χ0n) is 14.3. The summed E-state index contributed by atoms with van der Waals surface area (Å²) in [4.78, 5) is 37.4. The van der Waals surface area contributed by atoms with E-state index in [9.17, 15) is 14.4 Å². The first-order valence-corrected chi connectivity index (χ1v) is 8.09. The molecular formula is C18H19N5O3. The molecule has 1 atom stereocenters. The Morgan fingerprint density at radius 3 is 2.65 bits per heavy atom. The Kier molecular flexibility index (Phi) is 4.83. The number of nitrogens with one attached hydrogen (secondary N) is 2. The first kappa shape index (κ1) is 17.4.